The van der Waals surface area contributed by atoms with E-state index < -0.39 is 0 Å². The molecule has 152 valence electrons. The van der Waals surface area contributed by atoms with Gasteiger partial charge in [0, 0.05) is 44.5 Å². The molecular formula is C22H27N5O2. The summed E-state index contributed by atoms with van der Waals surface area (Å²) in [6, 6.07) is 12.0. The Morgan fingerprint density at radius 1 is 1.17 bits per heavy atom. The Balaban J connectivity index is 1.37. The van der Waals surface area contributed by atoms with Crippen molar-refractivity contribution in [2.75, 3.05) is 39.4 Å². The van der Waals surface area contributed by atoms with E-state index in [0.29, 0.717) is 13.0 Å². The average molecular weight is 393 g/mol. The van der Waals surface area contributed by atoms with Crippen LogP contribution in [0, 0.1) is 0 Å². The Labute approximate surface area is 170 Å². The smallest absolute Gasteiger partial charge is 0.224 e. The van der Waals surface area contributed by atoms with Gasteiger partial charge in [-0.2, -0.15) is 0 Å². The molecule has 0 aliphatic carbocycles. The molecule has 0 unspecified atom stereocenters. The topological polar surface area (TPSA) is 72.3 Å². The van der Waals surface area contributed by atoms with Crippen LogP contribution in [0.3, 0.4) is 0 Å². The van der Waals surface area contributed by atoms with Crippen LogP contribution in [0.1, 0.15) is 18.3 Å². The molecule has 0 saturated carbocycles. The fourth-order valence-electron chi connectivity index (χ4n) is 3.66. The Morgan fingerprint density at radius 2 is 1.97 bits per heavy atom. The third-order valence-electron chi connectivity index (χ3n) is 5.21. The minimum absolute atomic E-state index is 0.0509. The number of pyridine rings is 1. The first-order valence-electron chi connectivity index (χ1n) is 10.2. The quantitative estimate of drug-likeness (QED) is 0.665. The molecule has 1 aliphatic heterocycles. The van der Waals surface area contributed by atoms with Gasteiger partial charge < -0.3 is 10.1 Å². The van der Waals surface area contributed by atoms with E-state index in [9.17, 15) is 4.79 Å². The van der Waals surface area contributed by atoms with Gasteiger partial charge in [0.25, 0.3) is 0 Å². The van der Waals surface area contributed by atoms with E-state index in [4.69, 9.17) is 4.74 Å². The van der Waals surface area contributed by atoms with Crippen molar-refractivity contribution >= 4 is 17.1 Å². The SMILES string of the molecule is CCc1nc2cccnc2n1-c1ccc(CC(=O)NCCN2CCOCC2)cc1. The first-order chi connectivity index (χ1) is 14.2. The van der Waals surface area contributed by atoms with Crippen molar-refractivity contribution in [1.29, 1.82) is 0 Å². The highest BCUT2D eigenvalue weighted by Crippen LogP contribution is 2.20. The molecule has 1 amide bonds. The van der Waals surface area contributed by atoms with Crippen molar-refractivity contribution in [1.82, 2.24) is 24.8 Å². The number of benzene rings is 1. The number of hydrogen-bond acceptors (Lipinski definition) is 5. The highest BCUT2D eigenvalue weighted by molar-refractivity contribution is 5.78. The van der Waals surface area contributed by atoms with E-state index in [1.54, 1.807) is 6.20 Å². The molecule has 1 saturated heterocycles. The lowest BCUT2D eigenvalue weighted by atomic mass is 10.1. The summed E-state index contributed by atoms with van der Waals surface area (Å²) in [6.45, 7) is 7.07. The minimum atomic E-state index is 0.0509. The van der Waals surface area contributed by atoms with Crippen molar-refractivity contribution in [2.45, 2.75) is 19.8 Å². The van der Waals surface area contributed by atoms with Crippen molar-refractivity contribution < 1.29 is 9.53 Å². The fourth-order valence-corrected chi connectivity index (χ4v) is 3.66. The number of nitrogens with one attached hydrogen (secondary N) is 1. The Hall–Kier alpha value is -2.77. The molecule has 2 aromatic heterocycles. The molecule has 0 atom stereocenters. The molecule has 3 aromatic rings. The van der Waals surface area contributed by atoms with E-state index in [2.05, 4.69) is 31.7 Å². The first kappa shape index (κ1) is 19.5. The number of ether oxygens (including phenoxy) is 1. The number of hydrogen-bond donors (Lipinski definition) is 1. The van der Waals surface area contributed by atoms with Gasteiger partial charge in [-0.25, -0.2) is 9.97 Å². The predicted octanol–water partition coefficient (Wildman–Crippen LogP) is 1.97. The number of imidazole rings is 1. The summed E-state index contributed by atoms with van der Waals surface area (Å²) in [6.07, 6.45) is 2.99. The molecule has 1 aliphatic rings. The first-order valence-corrected chi connectivity index (χ1v) is 10.2. The van der Waals surface area contributed by atoms with Gasteiger partial charge in [-0.3, -0.25) is 14.3 Å². The third kappa shape index (κ3) is 4.63. The number of aryl methyl sites for hydroxylation is 1. The molecule has 7 nitrogen and oxygen atoms in total. The molecule has 29 heavy (non-hydrogen) atoms. The van der Waals surface area contributed by atoms with E-state index >= 15 is 0 Å². The van der Waals surface area contributed by atoms with Crippen molar-refractivity contribution in [3.05, 3.63) is 54.0 Å². The van der Waals surface area contributed by atoms with Gasteiger partial charge in [0.1, 0.15) is 11.3 Å². The largest absolute Gasteiger partial charge is 0.379 e. The number of morpholine rings is 1. The second-order valence-corrected chi connectivity index (χ2v) is 7.21. The van der Waals surface area contributed by atoms with E-state index in [1.165, 1.54) is 0 Å². The lowest BCUT2D eigenvalue weighted by molar-refractivity contribution is -0.120. The van der Waals surface area contributed by atoms with Crippen LogP contribution in [0.2, 0.25) is 0 Å². The fraction of sp³-hybridized carbons (Fsp3) is 0.409. The van der Waals surface area contributed by atoms with Gasteiger partial charge in [-0.05, 0) is 29.8 Å². The molecule has 1 fully saturated rings. The van der Waals surface area contributed by atoms with Gasteiger partial charge in [0.05, 0.1) is 19.6 Å². The van der Waals surface area contributed by atoms with Gasteiger partial charge in [0.2, 0.25) is 5.91 Å². The average Bonchev–Trinajstić information content (AvgIpc) is 3.14. The van der Waals surface area contributed by atoms with E-state index in [-0.39, 0.29) is 5.91 Å². The maximum absolute atomic E-state index is 12.3. The molecule has 4 rings (SSSR count). The number of amides is 1. The normalized spacial score (nSPS) is 14.9. The van der Waals surface area contributed by atoms with Crippen molar-refractivity contribution in [2.24, 2.45) is 0 Å². The lowest BCUT2D eigenvalue weighted by Gasteiger charge is -2.26. The highest BCUT2D eigenvalue weighted by Gasteiger charge is 2.13. The summed E-state index contributed by atoms with van der Waals surface area (Å²) in [4.78, 5) is 23.7. The molecular weight excluding hydrogens is 366 g/mol. The number of rotatable bonds is 7. The minimum Gasteiger partial charge on any atom is -0.379 e. The summed E-state index contributed by atoms with van der Waals surface area (Å²) in [5.74, 6) is 1.03. The number of aromatic nitrogens is 3. The highest BCUT2D eigenvalue weighted by atomic mass is 16.5. The van der Waals surface area contributed by atoms with Crippen LogP contribution in [0.5, 0.6) is 0 Å². The van der Waals surface area contributed by atoms with Crippen LogP contribution in [0.25, 0.3) is 16.9 Å². The molecule has 0 radical (unpaired) electrons. The lowest BCUT2D eigenvalue weighted by Crippen LogP contribution is -2.41. The van der Waals surface area contributed by atoms with Gasteiger partial charge >= 0.3 is 0 Å². The molecule has 3 heterocycles. The Bertz CT molecular complexity index is 961. The third-order valence-corrected chi connectivity index (χ3v) is 5.21. The maximum atomic E-state index is 12.3. The zero-order chi connectivity index (χ0) is 20.1. The molecule has 0 spiro atoms. The van der Waals surface area contributed by atoms with E-state index in [0.717, 1.165) is 67.5 Å². The summed E-state index contributed by atoms with van der Waals surface area (Å²) < 4.78 is 7.43. The van der Waals surface area contributed by atoms with Crippen LogP contribution >= 0.6 is 0 Å². The molecule has 1 N–H and O–H groups in total. The molecule has 1 aromatic carbocycles. The zero-order valence-electron chi connectivity index (χ0n) is 16.8. The van der Waals surface area contributed by atoms with Crippen LogP contribution in [-0.4, -0.2) is 64.7 Å². The van der Waals surface area contributed by atoms with Gasteiger partial charge in [-0.1, -0.05) is 19.1 Å². The standard InChI is InChI=1S/C22H27N5O2/c1-2-20-25-19-4-3-9-24-22(19)27(20)18-7-5-17(6-8-18)16-21(28)23-10-11-26-12-14-29-15-13-26/h3-9H,2,10-16H2,1H3,(H,23,28). The number of carbonyl (C=O) groups is 1. The van der Waals surface area contributed by atoms with Gasteiger partial charge in [0.15, 0.2) is 5.65 Å². The van der Waals surface area contributed by atoms with Crippen molar-refractivity contribution in [3.8, 4) is 5.69 Å². The Morgan fingerprint density at radius 3 is 2.72 bits per heavy atom. The van der Waals surface area contributed by atoms with Crippen LogP contribution in [0.15, 0.2) is 42.6 Å². The Kier molecular flexibility index (Phi) is 6.17. The summed E-state index contributed by atoms with van der Waals surface area (Å²) in [5.41, 5.74) is 3.76. The predicted molar refractivity (Wildman–Crippen MR) is 112 cm³/mol. The summed E-state index contributed by atoms with van der Waals surface area (Å²) in [7, 11) is 0. The second-order valence-electron chi connectivity index (χ2n) is 7.21. The van der Waals surface area contributed by atoms with Crippen molar-refractivity contribution in [3.63, 3.8) is 0 Å². The van der Waals surface area contributed by atoms with Crippen LogP contribution < -0.4 is 5.32 Å². The summed E-state index contributed by atoms with van der Waals surface area (Å²) >= 11 is 0. The van der Waals surface area contributed by atoms with Crippen LogP contribution in [-0.2, 0) is 22.4 Å². The second kappa shape index (κ2) is 9.15. The molecule has 0 bridgehead atoms. The summed E-state index contributed by atoms with van der Waals surface area (Å²) in [5, 5.41) is 3.02. The maximum Gasteiger partial charge on any atom is 0.224 e. The number of fused-ring (bicyclic) bond motifs is 1. The molecule has 7 heteroatoms. The van der Waals surface area contributed by atoms with Crippen LogP contribution in [0.4, 0.5) is 0 Å². The number of carbonyl (C=O) groups excluding carboxylic acids is 1. The number of nitrogens with zero attached hydrogens (tertiary/aromatic N) is 4. The zero-order valence-corrected chi connectivity index (χ0v) is 16.8. The monoisotopic (exact) mass is 393 g/mol. The van der Waals surface area contributed by atoms with Gasteiger partial charge in [-0.15, -0.1) is 0 Å². The van der Waals surface area contributed by atoms with E-state index in [1.807, 2.05) is 36.4 Å².